The largest absolute Gasteiger partial charge is 0.475 e. The first-order valence-electron chi connectivity index (χ1n) is 4.93. The van der Waals surface area contributed by atoms with E-state index in [0.29, 0.717) is 17.3 Å². The summed E-state index contributed by atoms with van der Waals surface area (Å²) in [5.74, 6) is 0.941. The van der Waals surface area contributed by atoms with Crippen molar-refractivity contribution < 1.29 is 4.74 Å². The van der Waals surface area contributed by atoms with Gasteiger partial charge in [-0.15, -0.1) is 0 Å². The number of rotatable bonds is 3. The van der Waals surface area contributed by atoms with Gasteiger partial charge in [0, 0.05) is 5.69 Å². The zero-order chi connectivity index (χ0) is 10.7. The zero-order valence-corrected chi connectivity index (χ0v) is 9.24. The molecule has 0 fully saturated rings. The monoisotopic (exact) mass is 189 g/mol. The van der Waals surface area contributed by atoms with Crippen LogP contribution in [0.5, 0.6) is 5.88 Å². The molecule has 0 aromatic carbocycles. The molecule has 0 spiro atoms. The molecule has 0 bridgehead atoms. The van der Waals surface area contributed by atoms with Crippen molar-refractivity contribution in [1.82, 2.24) is 4.98 Å². The summed E-state index contributed by atoms with van der Waals surface area (Å²) < 4.78 is 5.50. The minimum Gasteiger partial charge on any atom is -0.475 e. The van der Waals surface area contributed by atoms with E-state index < -0.39 is 0 Å². The van der Waals surface area contributed by atoms with E-state index in [-0.39, 0.29) is 6.10 Å². The fourth-order valence-corrected chi connectivity index (χ4v) is 1.10. The molecule has 1 aromatic rings. The van der Waals surface area contributed by atoms with E-state index in [1.54, 1.807) is 0 Å². The van der Waals surface area contributed by atoms with E-state index in [2.05, 4.69) is 18.8 Å². The van der Waals surface area contributed by atoms with Crippen LogP contribution in [0.4, 0.5) is 0 Å². The summed E-state index contributed by atoms with van der Waals surface area (Å²) in [6, 6.07) is 3.78. The Morgan fingerprint density at radius 1 is 1.21 bits per heavy atom. The van der Waals surface area contributed by atoms with Crippen LogP contribution in [0.15, 0.2) is 12.1 Å². The van der Waals surface area contributed by atoms with Crippen LogP contribution >= 0.6 is 0 Å². The van der Waals surface area contributed by atoms with Crippen LogP contribution in [0.1, 0.15) is 39.3 Å². The van der Waals surface area contributed by atoms with E-state index in [1.807, 2.05) is 26.0 Å². The second-order valence-electron chi connectivity index (χ2n) is 3.95. The minimum absolute atomic E-state index is 0.104. The number of hydrogen-bond acceptors (Lipinski definition) is 2. The molecule has 0 aliphatic heterocycles. The van der Waals surface area contributed by atoms with Crippen molar-refractivity contribution in [2.24, 2.45) is 0 Å². The van der Waals surface area contributed by atoms with Crippen molar-refractivity contribution in [1.29, 1.82) is 0 Å². The molecule has 1 heterocycles. The van der Waals surface area contributed by atoms with Gasteiger partial charge in [0.15, 0.2) is 0 Å². The predicted octanol–water partition coefficient (Wildman–Crippen LogP) is 1.79. The van der Waals surface area contributed by atoms with Crippen molar-refractivity contribution in [3.63, 3.8) is 0 Å². The Hall–Kier alpha value is -0.985. The molecule has 1 rings (SSSR count). The van der Waals surface area contributed by atoms with Gasteiger partial charge in [0.2, 0.25) is 5.88 Å². The Labute approximate surface area is 87.1 Å². The lowest BCUT2D eigenvalue weighted by Crippen LogP contribution is -2.17. The summed E-state index contributed by atoms with van der Waals surface area (Å²) in [5.41, 5.74) is 1.61. The van der Waals surface area contributed by atoms with Gasteiger partial charge in [0.25, 0.3) is 0 Å². The van der Waals surface area contributed by atoms with Crippen LogP contribution in [0.3, 0.4) is 0 Å². The molecular formula is C11H16BNO. The number of aromatic nitrogens is 1. The smallest absolute Gasteiger partial charge is 0.206 e. The summed E-state index contributed by atoms with van der Waals surface area (Å²) in [4.78, 5) is 4.36. The Morgan fingerprint density at radius 2 is 1.86 bits per heavy atom. The first-order chi connectivity index (χ1) is 6.50. The topological polar surface area (TPSA) is 22.1 Å². The van der Waals surface area contributed by atoms with Gasteiger partial charge < -0.3 is 4.74 Å². The highest BCUT2D eigenvalue weighted by molar-refractivity contribution is 6.33. The third kappa shape index (κ3) is 2.76. The summed E-state index contributed by atoms with van der Waals surface area (Å²) in [5, 5.41) is 0. The maximum atomic E-state index is 5.75. The van der Waals surface area contributed by atoms with Crippen molar-refractivity contribution >= 4 is 13.3 Å². The second kappa shape index (κ2) is 4.49. The summed E-state index contributed by atoms with van der Waals surface area (Å²) in [6.07, 6.45) is 0.104. The summed E-state index contributed by atoms with van der Waals surface area (Å²) in [7, 11) is 5.75. The van der Waals surface area contributed by atoms with Gasteiger partial charge in [0.1, 0.15) is 7.85 Å². The molecular weight excluding hydrogens is 173 g/mol. The molecule has 74 valence electrons. The van der Waals surface area contributed by atoms with Gasteiger partial charge in [0.05, 0.1) is 6.10 Å². The Balaban J connectivity index is 2.96. The maximum Gasteiger partial charge on any atom is 0.206 e. The van der Waals surface area contributed by atoms with E-state index in [4.69, 9.17) is 12.6 Å². The molecule has 0 amide bonds. The fraction of sp³-hybridized carbons (Fsp3) is 0.545. The normalized spacial score (nSPS) is 11.0. The number of hydrogen-bond donors (Lipinski definition) is 0. The van der Waals surface area contributed by atoms with Crippen molar-refractivity contribution in [3.05, 3.63) is 17.8 Å². The molecule has 0 unspecified atom stereocenters. The lowest BCUT2D eigenvalue weighted by Gasteiger charge is -2.13. The predicted molar refractivity (Wildman–Crippen MR) is 59.5 cm³/mol. The highest BCUT2D eigenvalue weighted by Gasteiger charge is 2.07. The summed E-state index contributed by atoms with van der Waals surface area (Å²) >= 11 is 0. The molecule has 0 saturated carbocycles. The van der Waals surface area contributed by atoms with Crippen LogP contribution in [0, 0.1) is 0 Å². The molecule has 3 heteroatoms. The maximum absolute atomic E-state index is 5.75. The van der Waals surface area contributed by atoms with Crippen molar-refractivity contribution in [2.75, 3.05) is 0 Å². The van der Waals surface area contributed by atoms with Crippen LogP contribution < -0.4 is 10.2 Å². The lowest BCUT2D eigenvalue weighted by atomic mass is 9.96. The van der Waals surface area contributed by atoms with Crippen molar-refractivity contribution in [3.8, 4) is 5.88 Å². The van der Waals surface area contributed by atoms with E-state index in [9.17, 15) is 0 Å². The molecule has 2 nitrogen and oxygen atoms in total. The molecule has 14 heavy (non-hydrogen) atoms. The van der Waals surface area contributed by atoms with Crippen molar-refractivity contribution in [2.45, 2.75) is 39.7 Å². The highest BCUT2D eigenvalue weighted by Crippen LogP contribution is 2.14. The SMILES string of the molecule is [B]c1ccc(C(C)C)nc1OC(C)C. The lowest BCUT2D eigenvalue weighted by molar-refractivity contribution is 0.234. The molecule has 0 aliphatic carbocycles. The fourth-order valence-electron chi connectivity index (χ4n) is 1.10. The van der Waals surface area contributed by atoms with Crippen LogP contribution in [-0.4, -0.2) is 18.9 Å². The number of ether oxygens (including phenoxy) is 1. The molecule has 0 saturated heterocycles. The molecule has 0 N–H and O–H groups in total. The number of pyridine rings is 1. The second-order valence-corrected chi connectivity index (χ2v) is 3.95. The van der Waals surface area contributed by atoms with Gasteiger partial charge in [-0.2, -0.15) is 0 Å². The summed E-state index contributed by atoms with van der Waals surface area (Å²) in [6.45, 7) is 8.11. The highest BCUT2D eigenvalue weighted by atomic mass is 16.5. The average Bonchev–Trinajstić information content (AvgIpc) is 2.07. The van der Waals surface area contributed by atoms with Gasteiger partial charge in [-0.25, -0.2) is 4.98 Å². The molecule has 0 aliphatic rings. The van der Waals surface area contributed by atoms with Crippen LogP contribution in [-0.2, 0) is 0 Å². The molecule has 2 radical (unpaired) electrons. The van der Waals surface area contributed by atoms with E-state index in [1.165, 1.54) is 0 Å². The van der Waals surface area contributed by atoms with Gasteiger partial charge in [-0.3, -0.25) is 0 Å². The average molecular weight is 189 g/mol. The standard InChI is InChI=1S/C11H16BNO/c1-7(2)10-6-5-9(12)11(13-10)14-8(3)4/h5-8H,1-4H3. The molecule has 1 aromatic heterocycles. The Kier molecular flexibility index (Phi) is 3.56. The third-order valence-corrected chi connectivity index (χ3v) is 1.85. The third-order valence-electron chi connectivity index (χ3n) is 1.85. The van der Waals surface area contributed by atoms with Gasteiger partial charge in [-0.05, 0) is 31.3 Å². The van der Waals surface area contributed by atoms with E-state index in [0.717, 1.165) is 5.69 Å². The first-order valence-corrected chi connectivity index (χ1v) is 4.93. The zero-order valence-electron chi connectivity index (χ0n) is 9.24. The quantitative estimate of drug-likeness (QED) is 0.676. The van der Waals surface area contributed by atoms with Crippen LogP contribution in [0.25, 0.3) is 0 Å². The number of nitrogens with zero attached hydrogens (tertiary/aromatic N) is 1. The van der Waals surface area contributed by atoms with Gasteiger partial charge in [-0.1, -0.05) is 19.9 Å². The van der Waals surface area contributed by atoms with E-state index >= 15 is 0 Å². The first kappa shape index (κ1) is 11.1. The van der Waals surface area contributed by atoms with Gasteiger partial charge >= 0.3 is 0 Å². The minimum atomic E-state index is 0.104. The Bertz CT molecular complexity index is 310. The molecule has 0 atom stereocenters. The Morgan fingerprint density at radius 3 is 2.36 bits per heavy atom. The van der Waals surface area contributed by atoms with Crippen LogP contribution in [0.2, 0.25) is 0 Å².